The van der Waals surface area contributed by atoms with Gasteiger partial charge in [-0.05, 0) is 31.4 Å². The van der Waals surface area contributed by atoms with Crippen LogP contribution in [0.3, 0.4) is 0 Å². The highest BCUT2D eigenvalue weighted by atomic mass is 32.1. The topological polar surface area (TPSA) is 61.8 Å². The summed E-state index contributed by atoms with van der Waals surface area (Å²) in [7, 11) is 1.76. The first-order valence-electron chi connectivity index (χ1n) is 9.70. The molecule has 27 heavy (non-hydrogen) atoms. The Morgan fingerprint density at radius 2 is 2.22 bits per heavy atom. The van der Waals surface area contributed by atoms with Crippen LogP contribution in [0, 0.1) is 0 Å². The number of hydrogen-bond acceptors (Lipinski definition) is 7. The van der Waals surface area contributed by atoms with Gasteiger partial charge in [0, 0.05) is 39.4 Å². The van der Waals surface area contributed by atoms with E-state index in [-0.39, 0.29) is 0 Å². The SMILES string of the molecule is CCCc1nc2c(s1)Nc1ccccc1N=C2N1CCN[C@@H](CCOC)C1. The molecule has 3 heterocycles. The zero-order valence-corrected chi connectivity index (χ0v) is 16.8. The molecule has 2 aliphatic rings. The van der Waals surface area contributed by atoms with Crippen molar-refractivity contribution in [3.05, 3.63) is 35.0 Å². The number of aromatic nitrogens is 1. The van der Waals surface area contributed by atoms with E-state index in [2.05, 4.69) is 34.6 Å². The second-order valence-corrected chi connectivity index (χ2v) is 8.08. The van der Waals surface area contributed by atoms with E-state index in [1.807, 2.05) is 12.1 Å². The standard InChI is InChI=1S/C20H27N5OS/c1-3-6-17-24-18-19(25-11-10-21-14(13-25)9-12-26-2)22-15-7-4-5-8-16(15)23-20(18)27-17/h4-5,7-8,14,21,23H,3,6,9-13H2,1-2H3/t14-/m0/s1. The molecule has 1 aromatic heterocycles. The summed E-state index contributed by atoms with van der Waals surface area (Å²) in [5, 5.41) is 9.45. The zero-order valence-electron chi connectivity index (χ0n) is 16.0. The van der Waals surface area contributed by atoms with Crippen LogP contribution in [0.2, 0.25) is 0 Å². The minimum atomic E-state index is 0.407. The van der Waals surface area contributed by atoms with Crippen LogP contribution in [0.4, 0.5) is 16.4 Å². The van der Waals surface area contributed by atoms with Crippen LogP contribution >= 0.6 is 11.3 Å². The van der Waals surface area contributed by atoms with E-state index in [1.54, 1.807) is 18.4 Å². The molecular weight excluding hydrogens is 358 g/mol. The molecule has 0 spiro atoms. The van der Waals surface area contributed by atoms with Gasteiger partial charge in [0.25, 0.3) is 0 Å². The summed E-state index contributed by atoms with van der Waals surface area (Å²) in [4.78, 5) is 12.4. The van der Waals surface area contributed by atoms with Gasteiger partial charge >= 0.3 is 0 Å². The average Bonchev–Trinajstić information content (AvgIpc) is 3.01. The van der Waals surface area contributed by atoms with Crippen LogP contribution in [-0.4, -0.2) is 55.1 Å². The summed E-state index contributed by atoms with van der Waals surface area (Å²) < 4.78 is 5.27. The number of hydrogen-bond donors (Lipinski definition) is 2. The van der Waals surface area contributed by atoms with E-state index < -0.39 is 0 Å². The molecule has 6 nitrogen and oxygen atoms in total. The molecule has 0 radical (unpaired) electrons. The summed E-state index contributed by atoms with van der Waals surface area (Å²) in [6, 6.07) is 8.65. The number of methoxy groups -OCH3 is 1. The second kappa shape index (κ2) is 8.37. The third kappa shape index (κ3) is 4.00. The minimum absolute atomic E-state index is 0.407. The summed E-state index contributed by atoms with van der Waals surface area (Å²) in [6.07, 6.45) is 3.11. The molecule has 2 aromatic rings. The Hall–Kier alpha value is -1.96. The monoisotopic (exact) mass is 385 g/mol. The van der Waals surface area contributed by atoms with Crippen molar-refractivity contribution < 1.29 is 4.74 Å². The fourth-order valence-corrected chi connectivity index (χ4v) is 4.65. The van der Waals surface area contributed by atoms with Crippen molar-refractivity contribution in [1.29, 1.82) is 0 Å². The molecule has 1 aromatic carbocycles. The molecular formula is C20H27N5OS. The molecule has 4 rings (SSSR count). The number of amidine groups is 1. The van der Waals surface area contributed by atoms with Gasteiger partial charge in [-0.2, -0.15) is 0 Å². The number of rotatable bonds is 5. The maximum atomic E-state index is 5.27. The number of benzene rings is 1. The molecule has 1 saturated heterocycles. The Kier molecular flexibility index (Phi) is 5.71. The van der Waals surface area contributed by atoms with Gasteiger partial charge in [0.15, 0.2) is 5.84 Å². The van der Waals surface area contributed by atoms with Crippen molar-refractivity contribution in [2.75, 3.05) is 38.7 Å². The van der Waals surface area contributed by atoms with Crippen molar-refractivity contribution in [1.82, 2.24) is 15.2 Å². The smallest absolute Gasteiger partial charge is 0.158 e. The number of fused-ring (bicyclic) bond motifs is 2. The molecule has 0 bridgehead atoms. The molecule has 1 fully saturated rings. The molecule has 7 heteroatoms. The van der Waals surface area contributed by atoms with E-state index >= 15 is 0 Å². The highest BCUT2D eigenvalue weighted by Crippen LogP contribution is 2.38. The van der Waals surface area contributed by atoms with E-state index in [9.17, 15) is 0 Å². The first kappa shape index (κ1) is 18.4. The predicted octanol–water partition coefficient (Wildman–Crippen LogP) is 3.54. The van der Waals surface area contributed by atoms with Crippen molar-refractivity contribution in [2.24, 2.45) is 4.99 Å². The van der Waals surface area contributed by atoms with Crippen molar-refractivity contribution in [2.45, 2.75) is 32.2 Å². The average molecular weight is 386 g/mol. The largest absolute Gasteiger partial charge is 0.385 e. The molecule has 0 amide bonds. The van der Waals surface area contributed by atoms with E-state index in [1.165, 1.54) is 5.01 Å². The van der Waals surface area contributed by atoms with Gasteiger partial charge in [0.2, 0.25) is 0 Å². The summed E-state index contributed by atoms with van der Waals surface area (Å²) >= 11 is 1.75. The van der Waals surface area contributed by atoms with Gasteiger partial charge in [-0.1, -0.05) is 19.1 Å². The third-order valence-electron chi connectivity index (χ3n) is 4.95. The maximum absolute atomic E-state index is 5.27. The number of thiazole rings is 1. The van der Waals surface area contributed by atoms with Crippen molar-refractivity contribution in [3.63, 3.8) is 0 Å². The predicted molar refractivity (Wildman–Crippen MR) is 112 cm³/mol. The van der Waals surface area contributed by atoms with Crippen LogP contribution in [0.15, 0.2) is 29.3 Å². The summed E-state index contributed by atoms with van der Waals surface area (Å²) in [5.74, 6) is 0.991. The Morgan fingerprint density at radius 3 is 3.07 bits per heavy atom. The molecule has 144 valence electrons. The maximum Gasteiger partial charge on any atom is 0.158 e. The number of para-hydroxylation sites is 2. The van der Waals surface area contributed by atoms with Crippen LogP contribution in [0.5, 0.6) is 0 Å². The lowest BCUT2D eigenvalue weighted by molar-refractivity contribution is 0.168. The van der Waals surface area contributed by atoms with E-state index in [4.69, 9.17) is 14.7 Å². The molecule has 0 saturated carbocycles. The first-order chi connectivity index (χ1) is 13.3. The Labute approximate surface area is 164 Å². The highest BCUT2D eigenvalue weighted by molar-refractivity contribution is 7.16. The van der Waals surface area contributed by atoms with Gasteiger partial charge in [0.05, 0.1) is 16.4 Å². The number of piperazine rings is 1. The molecule has 1 atom stereocenters. The van der Waals surface area contributed by atoms with E-state index in [0.717, 1.165) is 73.4 Å². The quantitative estimate of drug-likeness (QED) is 0.824. The van der Waals surface area contributed by atoms with Gasteiger partial charge in [-0.25, -0.2) is 9.98 Å². The summed E-state index contributed by atoms with van der Waals surface area (Å²) in [5.41, 5.74) is 3.01. The Balaban J connectivity index is 1.69. The number of nitrogens with zero attached hydrogens (tertiary/aromatic N) is 3. The van der Waals surface area contributed by atoms with Crippen LogP contribution in [0.1, 0.15) is 30.5 Å². The van der Waals surface area contributed by atoms with Crippen molar-refractivity contribution in [3.8, 4) is 0 Å². The fourth-order valence-electron chi connectivity index (χ4n) is 3.58. The van der Waals surface area contributed by atoms with Crippen LogP contribution in [0.25, 0.3) is 0 Å². The van der Waals surface area contributed by atoms with Gasteiger partial charge in [-0.3, -0.25) is 0 Å². The Morgan fingerprint density at radius 1 is 1.33 bits per heavy atom. The number of nitrogens with one attached hydrogen (secondary N) is 2. The molecule has 2 N–H and O–H groups in total. The molecule has 2 aliphatic heterocycles. The first-order valence-corrected chi connectivity index (χ1v) is 10.5. The van der Waals surface area contributed by atoms with E-state index in [0.29, 0.717) is 6.04 Å². The van der Waals surface area contributed by atoms with Crippen LogP contribution in [-0.2, 0) is 11.2 Å². The lowest BCUT2D eigenvalue weighted by Gasteiger charge is -2.35. The number of aliphatic imine (C=N–C) groups is 1. The fraction of sp³-hybridized carbons (Fsp3) is 0.500. The summed E-state index contributed by atoms with van der Waals surface area (Å²) in [6.45, 7) is 5.77. The lowest BCUT2D eigenvalue weighted by atomic mass is 10.1. The number of anilines is 2. The van der Waals surface area contributed by atoms with Gasteiger partial charge in [-0.15, -0.1) is 11.3 Å². The third-order valence-corrected chi connectivity index (χ3v) is 5.98. The van der Waals surface area contributed by atoms with Gasteiger partial charge in [0.1, 0.15) is 10.7 Å². The minimum Gasteiger partial charge on any atom is -0.385 e. The highest BCUT2D eigenvalue weighted by Gasteiger charge is 2.28. The van der Waals surface area contributed by atoms with Crippen LogP contribution < -0.4 is 10.6 Å². The second-order valence-electron chi connectivity index (χ2n) is 6.99. The number of ether oxygens (including phenoxy) is 1. The van der Waals surface area contributed by atoms with Gasteiger partial charge < -0.3 is 20.3 Å². The lowest BCUT2D eigenvalue weighted by Crippen LogP contribution is -2.53. The van der Waals surface area contributed by atoms with Crippen molar-refractivity contribution >= 4 is 33.5 Å². The normalized spacial score (nSPS) is 19.0. The zero-order chi connectivity index (χ0) is 18.6. The molecule has 0 aliphatic carbocycles. The number of aryl methyl sites for hydroxylation is 1. The Bertz CT molecular complexity index is 818. The molecule has 0 unspecified atom stereocenters.